The molecule has 0 unspecified atom stereocenters. The summed E-state index contributed by atoms with van der Waals surface area (Å²) in [4.78, 5) is 26.5. The van der Waals surface area contributed by atoms with Crippen LogP contribution in [0.5, 0.6) is 0 Å². The van der Waals surface area contributed by atoms with E-state index in [-0.39, 0.29) is 24.2 Å². The van der Waals surface area contributed by atoms with Crippen molar-refractivity contribution in [1.82, 2.24) is 30.4 Å². The van der Waals surface area contributed by atoms with Gasteiger partial charge >= 0.3 is 0 Å². The maximum atomic E-state index is 11.8. The average molecular weight is 224 g/mol. The molecule has 1 N–H and O–H groups in total. The molecule has 0 spiro atoms. The minimum atomic E-state index is -0.364. The molecule has 2 rings (SSSR count). The lowest BCUT2D eigenvalue weighted by molar-refractivity contribution is -0.129. The van der Waals surface area contributed by atoms with Crippen LogP contribution in [0.1, 0.15) is 17.0 Å². The molecular weight excluding hydrogens is 212 g/mol. The van der Waals surface area contributed by atoms with E-state index in [2.05, 4.69) is 20.6 Å². The first kappa shape index (κ1) is 10.5. The molecular formula is C8H12N6O2. The smallest absolute Gasteiger partial charge is 0.295 e. The van der Waals surface area contributed by atoms with E-state index in [1.165, 1.54) is 4.90 Å². The van der Waals surface area contributed by atoms with Crippen LogP contribution in [0.25, 0.3) is 0 Å². The summed E-state index contributed by atoms with van der Waals surface area (Å²) in [5.41, 5.74) is 0. The molecule has 0 atom stereocenters. The second-order valence-electron chi connectivity index (χ2n) is 3.63. The Hall–Kier alpha value is -1.99. The van der Waals surface area contributed by atoms with Gasteiger partial charge in [-0.3, -0.25) is 9.59 Å². The minimum Gasteiger partial charge on any atom is -0.344 e. The Kier molecular flexibility index (Phi) is 2.80. The molecule has 1 aliphatic rings. The summed E-state index contributed by atoms with van der Waals surface area (Å²) in [5.74, 6) is -0.441. The van der Waals surface area contributed by atoms with Crippen LogP contribution in [0, 0.1) is 0 Å². The fraction of sp³-hybridized carbons (Fsp3) is 0.625. The molecule has 2 amide bonds. The van der Waals surface area contributed by atoms with Crippen LogP contribution in [-0.4, -0.2) is 68.9 Å². The van der Waals surface area contributed by atoms with E-state index in [1.54, 1.807) is 11.9 Å². The minimum absolute atomic E-state index is 0.00245. The van der Waals surface area contributed by atoms with Crippen LogP contribution >= 0.6 is 0 Å². The van der Waals surface area contributed by atoms with E-state index in [9.17, 15) is 9.59 Å². The number of nitrogens with one attached hydrogen (secondary N) is 1. The molecule has 86 valence electrons. The predicted molar refractivity (Wildman–Crippen MR) is 52.3 cm³/mol. The molecule has 16 heavy (non-hydrogen) atoms. The van der Waals surface area contributed by atoms with Crippen molar-refractivity contribution >= 4 is 11.8 Å². The molecule has 0 aliphatic carbocycles. The fourth-order valence-electron chi connectivity index (χ4n) is 1.55. The number of aromatic amines is 1. The number of amides is 2. The summed E-state index contributed by atoms with van der Waals surface area (Å²) in [6, 6.07) is 0. The largest absolute Gasteiger partial charge is 0.344 e. The van der Waals surface area contributed by atoms with Gasteiger partial charge in [0.2, 0.25) is 5.91 Å². The van der Waals surface area contributed by atoms with Crippen molar-refractivity contribution in [3.8, 4) is 0 Å². The Morgan fingerprint density at radius 1 is 1.44 bits per heavy atom. The van der Waals surface area contributed by atoms with Crippen LogP contribution in [0.3, 0.4) is 0 Å². The molecule has 8 heteroatoms. The molecule has 0 aromatic carbocycles. The van der Waals surface area contributed by atoms with E-state index < -0.39 is 0 Å². The van der Waals surface area contributed by atoms with E-state index in [1.807, 2.05) is 0 Å². The number of nitrogens with zero attached hydrogens (tertiary/aromatic N) is 5. The highest BCUT2D eigenvalue weighted by Crippen LogP contribution is 2.05. The molecule has 0 saturated carbocycles. The molecule has 1 aromatic heterocycles. The highest BCUT2D eigenvalue weighted by atomic mass is 16.2. The van der Waals surface area contributed by atoms with Crippen molar-refractivity contribution in [3.63, 3.8) is 0 Å². The van der Waals surface area contributed by atoms with Gasteiger partial charge in [0.05, 0.1) is 0 Å². The number of likely N-dealkylation sites (N-methyl/N-ethyl adjacent to an activating group) is 1. The molecule has 1 fully saturated rings. The summed E-state index contributed by atoms with van der Waals surface area (Å²) in [6.45, 7) is 1.27. The third-order valence-corrected chi connectivity index (χ3v) is 2.50. The van der Waals surface area contributed by atoms with Gasteiger partial charge in [-0.1, -0.05) is 0 Å². The van der Waals surface area contributed by atoms with E-state index in [4.69, 9.17) is 0 Å². The Morgan fingerprint density at radius 2 is 2.25 bits per heavy atom. The van der Waals surface area contributed by atoms with E-state index >= 15 is 0 Å². The number of carbonyl (C=O) groups is 2. The first-order valence-electron chi connectivity index (χ1n) is 4.95. The number of tetrazole rings is 1. The maximum Gasteiger partial charge on any atom is 0.295 e. The van der Waals surface area contributed by atoms with Crippen molar-refractivity contribution in [3.05, 3.63) is 5.82 Å². The van der Waals surface area contributed by atoms with Gasteiger partial charge in [-0.05, 0) is 11.6 Å². The maximum absolute atomic E-state index is 11.8. The van der Waals surface area contributed by atoms with Crippen molar-refractivity contribution in [2.45, 2.75) is 6.42 Å². The number of carbonyl (C=O) groups excluding carboxylic acids is 2. The number of rotatable bonds is 1. The van der Waals surface area contributed by atoms with Gasteiger partial charge in [0, 0.05) is 20.1 Å². The lowest BCUT2D eigenvalue weighted by Gasteiger charge is -2.17. The van der Waals surface area contributed by atoms with Crippen LogP contribution in [0.2, 0.25) is 0 Å². The SMILES string of the molecule is CN1CCCN(C(=O)c2nn[nH]n2)CC1=O. The molecule has 2 heterocycles. The van der Waals surface area contributed by atoms with Gasteiger partial charge in [-0.2, -0.15) is 5.21 Å². The molecule has 0 radical (unpaired) electrons. The van der Waals surface area contributed by atoms with Gasteiger partial charge in [-0.15, -0.1) is 10.2 Å². The fourth-order valence-corrected chi connectivity index (χ4v) is 1.55. The average Bonchev–Trinajstić information content (AvgIpc) is 2.74. The number of hydrogen-bond acceptors (Lipinski definition) is 5. The Labute approximate surface area is 91.6 Å². The number of hydrogen-bond donors (Lipinski definition) is 1. The first-order chi connectivity index (χ1) is 7.68. The second kappa shape index (κ2) is 4.25. The monoisotopic (exact) mass is 224 g/mol. The van der Waals surface area contributed by atoms with Crippen molar-refractivity contribution in [2.75, 3.05) is 26.7 Å². The number of aromatic nitrogens is 4. The van der Waals surface area contributed by atoms with Gasteiger partial charge < -0.3 is 9.80 Å². The van der Waals surface area contributed by atoms with E-state index in [0.717, 1.165) is 6.42 Å². The van der Waals surface area contributed by atoms with Crippen molar-refractivity contribution < 1.29 is 9.59 Å². The topological polar surface area (TPSA) is 95.1 Å². The molecule has 0 bridgehead atoms. The zero-order valence-electron chi connectivity index (χ0n) is 8.88. The van der Waals surface area contributed by atoms with Crippen molar-refractivity contribution in [1.29, 1.82) is 0 Å². The molecule has 1 saturated heterocycles. The molecule has 1 aliphatic heterocycles. The van der Waals surface area contributed by atoms with Gasteiger partial charge in [0.15, 0.2) is 0 Å². The lowest BCUT2D eigenvalue weighted by atomic mass is 10.3. The Bertz CT molecular complexity index is 389. The van der Waals surface area contributed by atoms with Crippen LogP contribution in [-0.2, 0) is 4.79 Å². The van der Waals surface area contributed by atoms with Gasteiger partial charge in [-0.25, -0.2) is 0 Å². The van der Waals surface area contributed by atoms with E-state index in [0.29, 0.717) is 13.1 Å². The molecule has 1 aromatic rings. The zero-order chi connectivity index (χ0) is 11.5. The summed E-state index contributed by atoms with van der Waals surface area (Å²) in [5, 5.41) is 12.7. The summed E-state index contributed by atoms with van der Waals surface area (Å²) in [6.07, 6.45) is 0.756. The van der Waals surface area contributed by atoms with Crippen LogP contribution in [0.15, 0.2) is 0 Å². The zero-order valence-corrected chi connectivity index (χ0v) is 8.88. The standard InChI is InChI=1S/C8H12N6O2/c1-13-3-2-4-14(5-6(13)15)8(16)7-9-11-12-10-7/h2-5H2,1H3,(H,9,10,11,12). The normalized spacial score (nSPS) is 17.4. The van der Waals surface area contributed by atoms with Gasteiger partial charge in [0.25, 0.3) is 11.7 Å². The third kappa shape index (κ3) is 2.00. The Morgan fingerprint density at radius 3 is 2.94 bits per heavy atom. The Balaban J connectivity index is 2.09. The summed E-state index contributed by atoms with van der Waals surface area (Å²) >= 11 is 0. The quantitative estimate of drug-likeness (QED) is 0.626. The van der Waals surface area contributed by atoms with Crippen molar-refractivity contribution in [2.24, 2.45) is 0 Å². The highest BCUT2D eigenvalue weighted by Gasteiger charge is 2.25. The van der Waals surface area contributed by atoms with Gasteiger partial charge in [0.1, 0.15) is 6.54 Å². The second-order valence-corrected chi connectivity index (χ2v) is 3.63. The molecule has 8 nitrogen and oxygen atoms in total. The predicted octanol–water partition coefficient (Wildman–Crippen LogP) is -1.50. The van der Waals surface area contributed by atoms with Crippen LogP contribution in [0.4, 0.5) is 0 Å². The van der Waals surface area contributed by atoms with Crippen LogP contribution < -0.4 is 0 Å². The number of H-pyrrole nitrogens is 1. The summed E-state index contributed by atoms with van der Waals surface area (Å²) in [7, 11) is 1.73. The highest BCUT2D eigenvalue weighted by molar-refractivity contribution is 5.93. The third-order valence-electron chi connectivity index (χ3n) is 2.50. The first-order valence-corrected chi connectivity index (χ1v) is 4.95. The summed E-state index contributed by atoms with van der Waals surface area (Å²) < 4.78 is 0. The lowest BCUT2D eigenvalue weighted by Crippen LogP contribution is -2.38.